The van der Waals surface area contributed by atoms with Crippen LogP contribution in [0.4, 0.5) is 4.39 Å². The van der Waals surface area contributed by atoms with Gasteiger partial charge in [0.05, 0.1) is 0 Å². The summed E-state index contributed by atoms with van der Waals surface area (Å²) in [6.45, 7) is 5.32. The van der Waals surface area contributed by atoms with Gasteiger partial charge >= 0.3 is 0 Å². The fraction of sp³-hybridized carbons (Fsp3) is 0.333. The molecular weight excluding hydrogens is 179 g/mol. The number of halogens is 1. The lowest BCUT2D eigenvalue weighted by atomic mass is 9.93. The third kappa shape index (κ3) is 2.42. The van der Waals surface area contributed by atoms with E-state index in [1.54, 1.807) is 31.2 Å². The van der Waals surface area contributed by atoms with Crippen molar-refractivity contribution in [3.8, 4) is 0 Å². The zero-order valence-electron chi connectivity index (χ0n) is 8.71. The first kappa shape index (κ1) is 10.9. The summed E-state index contributed by atoms with van der Waals surface area (Å²) in [5.41, 5.74) is 0.0314. The van der Waals surface area contributed by atoms with E-state index >= 15 is 0 Å². The minimum Gasteiger partial charge on any atom is -0.381 e. The van der Waals surface area contributed by atoms with E-state index in [9.17, 15) is 9.50 Å². The summed E-state index contributed by atoms with van der Waals surface area (Å²) in [6.07, 6.45) is 1.64. The van der Waals surface area contributed by atoms with Crippen molar-refractivity contribution in [2.24, 2.45) is 0 Å². The van der Waals surface area contributed by atoms with Crippen LogP contribution in [-0.4, -0.2) is 5.11 Å². The van der Waals surface area contributed by atoms with Crippen LogP contribution in [-0.2, 0) is 5.60 Å². The standard InChI is InChI=1S/C12H15FO/c1-9(2)8-12(3,14)10-6-4-5-7-11(10)13/h4-8,14H,1-3H3. The molecule has 2 heteroatoms. The Hall–Kier alpha value is -1.15. The molecule has 0 aromatic heterocycles. The topological polar surface area (TPSA) is 20.2 Å². The maximum Gasteiger partial charge on any atom is 0.129 e. The van der Waals surface area contributed by atoms with E-state index in [1.807, 2.05) is 13.8 Å². The van der Waals surface area contributed by atoms with Crippen LogP contribution >= 0.6 is 0 Å². The molecule has 0 aliphatic carbocycles. The fourth-order valence-corrected chi connectivity index (χ4v) is 1.51. The lowest BCUT2D eigenvalue weighted by Gasteiger charge is -2.20. The molecule has 0 radical (unpaired) electrons. The third-order valence-electron chi connectivity index (χ3n) is 1.99. The summed E-state index contributed by atoms with van der Waals surface area (Å²) in [4.78, 5) is 0. The Labute approximate surface area is 83.9 Å². The predicted molar refractivity (Wildman–Crippen MR) is 55.4 cm³/mol. The molecule has 0 spiro atoms. The van der Waals surface area contributed by atoms with Crippen LogP contribution in [0.15, 0.2) is 35.9 Å². The molecule has 0 aliphatic heterocycles. The average Bonchev–Trinajstić information content (AvgIpc) is 2.02. The first-order valence-corrected chi connectivity index (χ1v) is 4.57. The van der Waals surface area contributed by atoms with Gasteiger partial charge in [0.2, 0.25) is 0 Å². The van der Waals surface area contributed by atoms with Gasteiger partial charge in [-0.2, -0.15) is 0 Å². The maximum atomic E-state index is 13.3. The molecule has 0 saturated carbocycles. The molecule has 0 amide bonds. The van der Waals surface area contributed by atoms with Crippen molar-refractivity contribution in [2.75, 3.05) is 0 Å². The van der Waals surface area contributed by atoms with Gasteiger partial charge in [-0.15, -0.1) is 0 Å². The van der Waals surface area contributed by atoms with Crippen molar-refractivity contribution in [1.82, 2.24) is 0 Å². The van der Waals surface area contributed by atoms with Gasteiger partial charge in [-0.1, -0.05) is 29.8 Å². The molecular formula is C12H15FO. The second-order valence-corrected chi connectivity index (χ2v) is 3.85. The van der Waals surface area contributed by atoms with Crippen molar-refractivity contribution in [1.29, 1.82) is 0 Å². The molecule has 0 fully saturated rings. The Morgan fingerprint density at radius 3 is 2.43 bits per heavy atom. The Bertz CT molecular complexity index is 349. The van der Waals surface area contributed by atoms with E-state index in [1.165, 1.54) is 6.07 Å². The summed E-state index contributed by atoms with van der Waals surface area (Å²) in [5.74, 6) is -0.380. The van der Waals surface area contributed by atoms with Gasteiger partial charge in [0.25, 0.3) is 0 Å². The van der Waals surface area contributed by atoms with E-state index in [2.05, 4.69) is 0 Å². The molecule has 76 valence electrons. The highest BCUT2D eigenvalue weighted by molar-refractivity contribution is 5.28. The normalized spacial score (nSPS) is 14.6. The van der Waals surface area contributed by atoms with Gasteiger partial charge in [0.15, 0.2) is 0 Å². The Morgan fingerprint density at radius 2 is 1.93 bits per heavy atom. The van der Waals surface area contributed by atoms with Gasteiger partial charge < -0.3 is 5.11 Å². The van der Waals surface area contributed by atoms with Gasteiger partial charge in [-0.25, -0.2) is 4.39 Å². The smallest absolute Gasteiger partial charge is 0.129 e. The maximum absolute atomic E-state index is 13.3. The first-order chi connectivity index (χ1) is 6.43. The molecule has 1 N–H and O–H groups in total. The highest BCUT2D eigenvalue weighted by atomic mass is 19.1. The predicted octanol–water partition coefficient (Wildman–Crippen LogP) is 3.00. The average molecular weight is 194 g/mol. The number of allylic oxidation sites excluding steroid dienone is 1. The summed E-state index contributed by atoms with van der Waals surface area (Å²) in [5, 5.41) is 10.0. The van der Waals surface area contributed by atoms with Crippen LogP contribution in [0.2, 0.25) is 0 Å². The fourth-order valence-electron chi connectivity index (χ4n) is 1.51. The Kier molecular flexibility index (Phi) is 3.06. The minimum atomic E-state index is -1.23. The Morgan fingerprint density at radius 1 is 1.36 bits per heavy atom. The molecule has 1 aromatic rings. The van der Waals surface area contributed by atoms with E-state index in [0.717, 1.165) is 5.57 Å². The molecule has 1 unspecified atom stereocenters. The van der Waals surface area contributed by atoms with Crippen molar-refractivity contribution in [3.05, 3.63) is 47.3 Å². The van der Waals surface area contributed by atoms with Crippen LogP contribution in [0, 0.1) is 5.82 Å². The summed E-state index contributed by atoms with van der Waals surface area (Å²) < 4.78 is 13.3. The van der Waals surface area contributed by atoms with E-state index < -0.39 is 5.60 Å². The second kappa shape index (κ2) is 3.93. The highest BCUT2D eigenvalue weighted by Crippen LogP contribution is 2.25. The molecule has 0 bridgehead atoms. The van der Waals surface area contributed by atoms with Gasteiger partial charge in [0.1, 0.15) is 11.4 Å². The summed E-state index contributed by atoms with van der Waals surface area (Å²) in [6, 6.07) is 6.26. The molecule has 1 atom stereocenters. The molecule has 1 aromatic carbocycles. The van der Waals surface area contributed by atoms with Gasteiger partial charge in [0, 0.05) is 5.56 Å². The number of aliphatic hydroxyl groups is 1. The quantitative estimate of drug-likeness (QED) is 0.717. The van der Waals surface area contributed by atoms with Crippen molar-refractivity contribution in [3.63, 3.8) is 0 Å². The van der Waals surface area contributed by atoms with E-state index in [0.29, 0.717) is 5.56 Å². The third-order valence-corrected chi connectivity index (χ3v) is 1.99. The zero-order chi connectivity index (χ0) is 10.8. The number of benzene rings is 1. The van der Waals surface area contributed by atoms with Gasteiger partial charge in [-0.3, -0.25) is 0 Å². The molecule has 0 aliphatic rings. The van der Waals surface area contributed by atoms with Gasteiger partial charge in [-0.05, 0) is 26.8 Å². The Balaban J connectivity index is 3.16. The lowest BCUT2D eigenvalue weighted by Crippen LogP contribution is -2.19. The lowest BCUT2D eigenvalue weighted by molar-refractivity contribution is 0.106. The van der Waals surface area contributed by atoms with Crippen LogP contribution in [0.1, 0.15) is 26.3 Å². The monoisotopic (exact) mass is 194 g/mol. The molecule has 0 heterocycles. The number of rotatable bonds is 2. The zero-order valence-corrected chi connectivity index (χ0v) is 8.71. The van der Waals surface area contributed by atoms with E-state index in [-0.39, 0.29) is 5.82 Å². The number of hydrogen-bond acceptors (Lipinski definition) is 1. The molecule has 1 rings (SSSR count). The van der Waals surface area contributed by atoms with Crippen LogP contribution in [0.3, 0.4) is 0 Å². The second-order valence-electron chi connectivity index (χ2n) is 3.85. The minimum absolute atomic E-state index is 0.307. The largest absolute Gasteiger partial charge is 0.381 e. The van der Waals surface area contributed by atoms with E-state index in [4.69, 9.17) is 0 Å². The van der Waals surface area contributed by atoms with Crippen molar-refractivity contribution < 1.29 is 9.50 Å². The van der Waals surface area contributed by atoms with Crippen LogP contribution in [0.5, 0.6) is 0 Å². The van der Waals surface area contributed by atoms with Crippen LogP contribution < -0.4 is 0 Å². The van der Waals surface area contributed by atoms with Crippen molar-refractivity contribution in [2.45, 2.75) is 26.4 Å². The molecule has 1 nitrogen and oxygen atoms in total. The SMILES string of the molecule is CC(C)=CC(C)(O)c1ccccc1F. The highest BCUT2D eigenvalue weighted by Gasteiger charge is 2.22. The number of hydrogen-bond donors (Lipinski definition) is 1. The summed E-state index contributed by atoms with van der Waals surface area (Å²) >= 11 is 0. The summed E-state index contributed by atoms with van der Waals surface area (Å²) in [7, 11) is 0. The molecule has 0 saturated heterocycles. The van der Waals surface area contributed by atoms with Crippen LogP contribution in [0.25, 0.3) is 0 Å². The first-order valence-electron chi connectivity index (χ1n) is 4.57. The molecule has 14 heavy (non-hydrogen) atoms. The van der Waals surface area contributed by atoms with Crippen molar-refractivity contribution >= 4 is 0 Å².